The van der Waals surface area contributed by atoms with Crippen LogP contribution in [-0.4, -0.2) is 65.9 Å². The lowest BCUT2D eigenvalue weighted by molar-refractivity contribution is -0.120. The fourth-order valence-corrected chi connectivity index (χ4v) is 4.56. The Balaban J connectivity index is 1.34. The molecule has 148 valence electrons. The number of carbonyl (C=O) groups excluding carboxylic acids is 2. The molecule has 3 fully saturated rings. The lowest BCUT2D eigenvalue weighted by Gasteiger charge is -2.37. The first-order chi connectivity index (χ1) is 13.7. The second-order valence-electron chi connectivity index (χ2n) is 8.11. The SMILES string of the molecule is O=C1CCN(c2cccc3c2cnn3C2CCN(CC3CNC3)CC2)C(=O)N1. The smallest absolute Gasteiger partial charge is 0.316 e. The van der Waals surface area contributed by atoms with Crippen LogP contribution in [0.5, 0.6) is 0 Å². The molecule has 3 saturated heterocycles. The number of carbonyl (C=O) groups is 2. The number of benzene rings is 1. The van der Waals surface area contributed by atoms with Gasteiger partial charge < -0.3 is 10.2 Å². The van der Waals surface area contributed by atoms with Gasteiger partial charge in [0.1, 0.15) is 0 Å². The second-order valence-corrected chi connectivity index (χ2v) is 8.11. The van der Waals surface area contributed by atoms with Crippen LogP contribution in [0.4, 0.5) is 10.5 Å². The topological polar surface area (TPSA) is 82.5 Å². The summed E-state index contributed by atoms with van der Waals surface area (Å²) in [6, 6.07) is 6.01. The molecule has 1 aromatic carbocycles. The summed E-state index contributed by atoms with van der Waals surface area (Å²) in [6.07, 6.45) is 4.38. The summed E-state index contributed by atoms with van der Waals surface area (Å²) in [5.41, 5.74) is 1.88. The number of anilines is 1. The van der Waals surface area contributed by atoms with Gasteiger partial charge in [-0.05, 0) is 30.9 Å². The molecule has 2 aromatic rings. The van der Waals surface area contributed by atoms with E-state index in [1.54, 1.807) is 4.90 Å². The van der Waals surface area contributed by atoms with Gasteiger partial charge in [0.2, 0.25) is 5.91 Å². The van der Waals surface area contributed by atoms with Crippen LogP contribution >= 0.6 is 0 Å². The average molecular weight is 382 g/mol. The number of likely N-dealkylation sites (tertiary alicyclic amines) is 1. The molecule has 3 amide bonds. The van der Waals surface area contributed by atoms with E-state index in [9.17, 15) is 9.59 Å². The minimum Gasteiger partial charge on any atom is -0.316 e. The number of urea groups is 1. The normalized spacial score (nSPS) is 22.5. The summed E-state index contributed by atoms with van der Waals surface area (Å²) in [6.45, 7) is 6.14. The van der Waals surface area contributed by atoms with Crippen LogP contribution < -0.4 is 15.5 Å². The number of imide groups is 1. The first kappa shape index (κ1) is 17.6. The molecule has 0 bridgehead atoms. The highest BCUT2D eigenvalue weighted by atomic mass is 16.2. The highest BCUT2D eigenvalue weighted by Gasteiger charge is 2.28. The van der Waals surface area contributed by atoms with Gasteiger partial charge in [0.05, 0.1) is 23.4 Å². The fraction of sp³-hybridized carbons (Fsp3) is 0.550. The molecular formula is C20H26N6O2. The lowest BCUT2D eigenvalue weighted by atomic mass is 9.99. The molecule has 0 saturated carbocycles. The molecule has 0 spiro atoms. The van der Waals surface area contributed by atoms with Crippen LogP contribution in [0.25, 0.3) is 10.9 Å². The Morgan fingerprint density at radius 3 is 2.64 bits per heavy atom. The van der Waals surface area contributed by atoms with Crippen LogP contribution in [0.1, 0.15) is 25.3 Å². The molecule has 8 heteroatoms. The van der Waals surface area contributed by atoms with Crippen molar-refractivity contribution < 1.29 is 9.59 Å². The maximum Gasteiger partial charge on any atom is 0.328 e. The number of fused-ring (bicyclic) bond motifs is 1. The van der Waals surface area contributed by atoms with Crippen LogP contribution in [0.3, 0.4) is 0 Å². The summed E-state index contributed by atoms with van der Waals surface area (Å²) in [5.74, 6) is 0.598. The van der Waals surface area contributed by atoms with E-state index in [4.69, 9.17) is 5.10 Å². The van der Waals surface area contributed by atoms with Crippen molar-refractivity contribution in [3.63, 3.8) is 0 Å². The van der Waals surface area contributed by atoms with Crippen molar-refractivity contribution in [1.82, 2.24) is 25.3 Å². The molecule has 2 N–H and O–H groups in total. The fourth-order valence-electron chi connectivity index (χ4n) is 4.56. The number of piperidine rings is 1. The predicted octanol–water partition coefficient (Wildman–Crippen LogP) is 1.34. The van der Waals surface area contributed by atoms with Crippen molar-refractivity contribution in [1.29, 1.82) is 0 Å². The van der Waals surface area contributed by atoms with Gasteiger partial charge in [0.15, 0.2) is 0 Å². The van der Waals surface area contributed by atoms with E-state index in [0.717, 1.165) is 61.5 Å². The van der Waals surface area contributed by atoms with Gasteiger partial charge in [-0.2, -0.15) is 5.10 Å². The number of nitrogens with one attached hydrogen (secondary N) is 2. The summed E-state index contributed by atoms with van der Waals surface area (Å²) in [5, 5.41) is 11.4. The first-order valence-electron chi connectivity index (χ1n) is 10.2. The van der Waals surface area contributed by atoms with Gasteiger partial charge in [-0.1, -0.05) is 6.07 Å². The van der Waals surface area contributed by atoms with E-state index >= 15 is 0 Å². The van der Waals surface area contributed by atoms with E-state index in [1.807, 2.05) is 18.3 Å². The number of aromatic nitrogens is 2. The number of hydrogen-bond donors (Lipinski definition) is 2. The summed E-state index contributed by atoms with van der Waals surface area (Å²) in [7, 11) is 0. The van der Waals surface area contributed by atoms with Crippen molar-refractivity contribution >= 4 is 28.5 Å². The monoisotopic (exact) mass is 382 g/mol. The molecule has 0 aliphatic carbocycles. The Morgan fingerprint density at radius 1 is 1.11 bits per heavy atom. The molecule has 28 heavy (non-hydrogen) atoms. The van der Waals surface area contributed by atoms with Crippen molar-refractivity contribution in [2.75, 3.05) is 44.2 Å². The highest BCUT2D eigenvalue weighted by Crippen LogP contribution is 2.32. The molecule has 0 unspecified atom stereocenters. The molecule has 3 aliphatic rings. The van der Waals surface area contributed by atoms with Gasteiger partial charge in [0, 0.05) is 51.1 Å². The third-order valence-corrected chi connectivity index (χ3v) is 6.25. The molecule has 5 rings (SSSR count). The molecule has 4 heterocycles. The van der Waals surface area contributed by atoms with Crippen molar-refractivity contribution in [3.05, 3.63) is 24.4 Å². The van der Waals surface area contributed by atoms with Crippen LogP contribution in [0.2, 0.25) is 0 Å². The molecule has 0 radical (unpaired) electrons. The quantitative estimate of drug-likeness (QED) is 0.834. The Kier molecular flexibility index (Phi) is 4.52. The zero-order chi connectivity index (χ0) is 19.1. The minimum absolute atomic E-state index is 0.214. The van der Waals surface area contributed by atoms with Crippen molar-refractivity contribution in [3.8, 4) is 0 Å². The van der Waals surface area contributed by atoms with Gasteiger partial charge >= 0.3 is 6.03 Å². The van der Waals surface area contributed by atoms with Crippen molar-refractivity contribution in [2.24, 2.45) is 5.92 Å². The summed E-state index contributed by atoms with van der Waals surface area (Å²) in [4.78, 5) is 27.9. The summed E-state index contributed by atoms with van der Waals surface area (Å²) >= 11 is 0. The minimum atomic E-state index is -0.352. The van der Waals surface area contributed by atoms with E-state index in [2.05, 4.69) is 26.3 Å². The van der Waals surface area contributed by atoms with E-state index in [0.29, 0.717) is 19.0 Å². The summed E-state index contributed by atoms with van der Waals surface area (Å²) < 4.78 is 2.13. The van der Waals surface area contributed by atoms with Crippen molar-refractivity contribution in [2.45, 2.75) is 25.3 Å². The number of hydrogen-bond acceptors (Lipinski definition) is 5. The molecule has 0 atom stereocenters. The first-order valence-corrected chi connectivity index (χ1v) is 10.2. The Hall–Kier alpha value is -2.45. The number of amides is 3. The average Bonchev–Trinajstić information content (AvgIpc) is 3.10. The van der Waals surface area contributed by atoms with Gasteiger partial charge in [-0.3, -0.25) is 19.7 Å². The molecule has 1 aromatic heterocycles. The number of nitrogens with zero attached hydrogens (tertiary/aromatic N) is 4. The third kappa shape index (κ3) is 3.16. The van der Waals surface area contributed by atoms with Gasteiger partial charge in [-0.15, -0.1) is 0 Å². The maximum absolute atomic E-state index is 12.3. The Bertz CT molecular complexity index is 897. The largest absolute Gasteiger partial charge is 0.328 e. The third-order valence-electron chi connectivity index (χ3n) is 6.25. The number of rotatable bonds is 4. The lowest BCUT2D eigenvalue weighted by Crippen LogP contribution is -2.49. The molecule has 8 nitrogen and oxygen atoms in total. The van der Waals surface area contributed by atoms with E-state index < -0.39 is 0 Å². The van der Waals surface area contributed by atoms with Gasteiger partial charge in [0.25, 0.3) is 0 Å². The Morgan fingerprint density at radius 2 is 1.93 bits per heavy atom. The van der Waals surface area contributed by atoms with Crippen LogP contribution in [-0.2, 0) is 4.79 Å². The van der Waals surface area contributed by atoms with Gasteiger partial charge in [-0.25, -0.2) is 4.79 Å². The van der Waals surface area contributed by atoms with Crippen LogP contribution in [0, 0.1) is 5.92 Å². The highest BCUT2D eigenvalue weighted by molar-refractivity contribution is 6.09. The predicted molar refractivity (Wildman–Crippen MR) is 106 cm³/mol. The van der Waals surface area contributed by atoms with Crippen LogP contribution in [0.15, 0.2) is 24.4 Å². The standard InChI is InChI=1S/C20H26N6O2/c27-19-6-9-25(20(28)23-19)17-2-1-3-18-16(17)12-22-26(18)15-4-7-24(8-5-15)13-14-10-21-11-14/h1-3,12,14-15,21H,4-11,13H2,(H,23,27,28). The molecule has 3 aliphatic heterocycles. The second kappa shape index (κ2) is 7.18. The maximum atomic E-state index is 12.3. The van der Waals surface area contributed by atoms with E-state index in [-0.39, 0.29) is 11.9 Å². The zero-order valence-corrected chi connectivity index (χ0v) is 15.9. The Labute approximate surface area is 163 Å². The van der Waals surface area contributed by atoms with E-state index in [1.165, 1.54) is 6.54 Å². The molecular weight excluding hydrogens is 356 g/mol. The zero-order valence-electron chi connectivity index (χ0n) is 15.9.